The minimum Gasteiger partial charge on any atom is -0.328 e. The first-order valence-electron chi connectivity index (χ1n) is 9.90. The van der Waals surface area contributed by atoms with E-state index >= 15 is 0 Å². The summed E-state index contributed by atoms with van der Waals surface area (Å²) in [5, 5.41) is 0. The lowest BCUT2D eigenvalue weighted by Crippen LogP contribution is -2.54. The first kappa shape index (κ1) is 15.2. The Labute approximate surface area is 137 Å². The zero-order valence-corrected chi connectivity index (χ0v) is 14.9. The lowest BCUT2D eigenvalue weighted by Gasteiger charge is -2.60. The van der Waals surface area contributed by atoms with Gasteiger partial charge in [-0.2, -0.15) is 0 Å². The Balaban J connectivity index is 1.63. The molecule has 22 heavy (non-hydrogen) atoms. The van der Waals surface area contributed by atoms with E-state index in [0.717, 1.165) is 23.7 Å². The van der Waals surface area contributed by atoms with Crippen LogP contribution in [0.1, 0.15) is 78.6 Å². The SMILES string of the molecule is CC=C1CC[C@H]2[C@@H]3CC[C@H]4C[C@H](N)CC[C@]4(C)[C@H]3CC[C@]12C. The van der Waals surface area contributed by atoms with Crippen LogP contribution in [0.25, 0.3) is 0 Å². The third-order valence-electron chi connectivity index (χ3n) is 8.90. The van der Waals surface area contributed by atoms with E-state index in [2.05, 4.69) is 26.8 Å². The van der Waals surface area contributed by atoms with Gasteiger partial charge in [0.05, 0.1) is 0 Å². The van der Waals surface area contributed by atoms with Crippen LogP contribution in [0, 0.1) is 34.5 Å². The molecular formula is C21H35N. The minimum atomic E-state index is 0.490. The van der Waals surface area contributed by atoms with Crippen LogP contribution in [-0.2, 0) is 0 Å². The van der Waals surface area contributed by atoms with Gasteiger partial charge in [-0.05, 0) is 99.2 Å². The fraction of sp³-hybridized carbons (Fsp3) is 0.905. The highest BCUT2D eigenvalue weighted by molar-refractivity contribution is 5.23. The number of hydrogen-bond acceptors (Lipinski definition) is 1. The highest BCUT2D eigenvalue weighted by Crippen LogP contribution is 2.67. The summed E-state index contributed by atoms with van der Waals surface area (Å²) in [6, 6.07) is 0.490. The molecule has 4 saturated carbocycles. The zero-order chi connectivity index (χ0) is 15.5. The van der Waals surface area contributed by atoms with Crippen LogP contribution < -0.4 is 5.73 Å². The van der Waals surface area contributed by atoms with Gasteiger partial charge >= 0.3 is 0 Å². The van der Waals surface area contributed by atoms with Crippen molar-refractivity contribution in [2.24, 2.45) is 40.2 Å². The Kier molecular flexibility index (Phi) is 3.53. The van der Waals surface area contributed by atoms with E-state index in [4.69, 9.17) is 5.73 Å². The average Bonchev–Trinajstić information content (AvgIpc) is 2.84. The highest BCUT2D eigenvalue weighted by Gasteiger charge is 2.58. The molecule has 0 aromatic carbocycles. The van der Waals surface area contributed by atoms with Crippen molar-refractivity contribution in [2.45, 2.75) is 84.6 Å². The summed E-state index contributed by atoms with van der Waals surface area (Å²) < 4.78 is 0. The van der Waals surface area contributed by atoms with Gasteiger partial charge in [-0.15, -0.1) is 0 Å². The van der Waals surface area contributed by atoms with Gasteiger partial charge in [-0.3, -0.25) is 0 Å². The van der Waals surface area contributed by atoms with E-state index in [-0.39, 0.29) is 0 Å². The molecule has 0 aromatic heterocycles. The molecule has 0 aliphatic heterocycles. The molecule has 4 aliphatic rings. The summed E-state index contributed by atoms with van der Waals surface area (Å²) >= 11 is 0. The van der Waals surface area contributed by atoms with Crippen LogP contribution >= 0.6 is 0 Å². The molecule has 0 amide bonds. The fourth-order valence-corrected chi connectivity index (χ4v) is 7.61. The maximum atomic E-state index is 6.30. The maximum Gasteiger partial charge on any atom is 0.00418 e. The molecule has 2 N–H and O–H groups in total. The molecule has 124 valence electrons. The number of fused-ring (bicyclic) bond motifs is 5. The minimum absolute atomic E-state index is 0.490. The lowest BCUT2D eigenvalue weighted by molar-refractivity contribution is -0.0999. The van der Waals surface area contributed by atoms with Gasteiger partial charge < -0.3 is 5.73 Å². The standard InChI is InChI=1S/C21H35N/c1-4-14-6-8-18-17-7-5-15-13-16(22)9-11-21(15,3)19(17)10-12-20(14,18)2/h4,15-19H,5-13,22H2,1-3H3/t15-,16+,17-,18-,19-,20+,21-/m0/s1. The van der Waals surface area contributed by atoms with Gasteiger partial charge in [0.1, 0.15) is 0 Å². The summed E-state index contributed by atoms with van der Waals surface area (Å²) in [6.07, 6.45) is 15.2. The van der Waals surface area contributed by atoms with Crippen LogP contribution in [0.4, 0.5) is 0 Å². The summed E-state index contributed by atoms with van der Waals surface area (Å²) in [7, 11) is 0. The van der Waals surface area contributed by atoms with E-state index in [0.29, 0.717) is 16.9 Å². The van der Waals surface area contributed by atoms with E-state index in [1.54, 1.807) is 5.57 Å². The summed E-state index contributed by atoms with van der Waals surface area (Å²) in [5.41, 5.74) is 9.25. The lowest BCUT2D eigenvalue weighted by atomic mass is 9.45. The number of nitrogens with two attached hydrogens (primary N) is 1. The van der Waals surface area contributed by atoms with Gasteiger partial charge in [0.15, 0.2) is 0 Å². The average molecular weight is 302 g/mol. The summed E-state index contributed by atoms with van der Waals surface area (Å²) in [6.45, 7) is 7.52. The van der Waals surface area contributed by atoms with Crippen LogP contribution in [0.5, 0.6) is 0 Å². The first-order valence-corrected chi connectivity index (χ1v) is 9.90. The van der Waals surface area contributed by atoms with Gasteiger partial charge in [0.2, 0.25) is 0 Å². The molecule has 4 fully saturated rings. The predicted molar refractivity (Wildman–Crippen MR) is 93.5 cm³/mol. The third kappa shape index (κ3) is 1.93. The molecule has 0 unspecified atom stereocenters. The van der Waals surface area contributed by atoms with Gasteiger partial charge in [-0.25, -0.2) is 0 Å². The van der Waals surface area contributed by atoms with Gasteiger partial charge in [0.25, 0.3) is 0 Å². The van der Waals surface area contributed by atoms with Crippen molar-refractivity contribution in [3.8, 4) is 0 Å². The molecule has 0 aromatic rings. The molecule has 0 saturated heterocycles. The molecule has 0 spiro atoms. The Morgan fingerprint density at radius 3 is 2.59 bits per heavy atom. The van der Waals surface area contributed by atoms with Crippen LogP contribution in [0.2, 0.25) is 0 Å². The van der Waals surface area contributed by atoms with Crippen molar-refractivity contribution in [1.82, 2.24) is 0 Å². The third-order valence-corrected chi connectivity index (χ3v) is 8.90. The van der Waals surface area contributed by atoms with Crippen molar-refractivity contribution in [1.29, 1.82) is 0 Å². The molecular weight excluding hydrogens is 266 g/mol. The Morgan fingerprint density at radius 1 is 1.00 bits per heavy atom. The van der Waals surface area contributed by atoms with Crippen molar-refractivity contribution >= 4 is 0 Å². The fourth-order valence-electron chi connectivity index (χ4n) is 7.61. The Bertz CT molecular complexity index is 480. The molecule has 1 nitrogen and oxygen atoms in total. The molecule has 0 bridgehead atoms. The predicted octanol–water partition coefficient (Wildman–Crippen LogP) is 5.30. The molecule has 4 rings (SSSR count). The molecule has 7 atom stereocenters. The largest absolute Gasteiger partial charge is 0.328 e. The first-order chi connectivity index (χ1) is 10.5. The van der Waals surface area contributed by atoms with Crippen LogP contribution in [-0.4, -0.2) is 6.04 Å². The second kappa shape index (κ2) is 5.10. The van der Waals surface area contributed by atoms with E-state index in [9.17, 15) is 0 Å². The second-order valence-corrected chi connectivity index (χ2v) is 9.50. The normalized spacial score (nSPS) is 56.4. The Hall–Kier alpha value is -0.300. The molecule has 0 radical (unpaired) electrons. The van der Waals surface area contributed by atoms with Crippen LogP contribution in [0.3, 0.4) is 0 Å². The van der Waals surface area contributed by atoms with Crippen molar-refractivity contribution in [2.75, 3.05) is 0 Å². The van der Waals surface area contributed by atoms with Crippen LogP contribution in [0.15, 0.2) is 11.6 Å². The van der Waals surface area contributed by atoms with Crippen molar-refractivity contribution in [3.05, 3.63) is 11.6 Å². The number of rotatable bonds is 0. The Morgan fingerprint density at radius 2 is 1.82 bits per heavy atom. The molecule has 4 aliphatic carbocycles. The highest BCUT2D eigenvalue weighted by atomic mass is 14.7. The van der Waals surface area contributed by atoms with Gasteiger partial charge in [-0.1, -0.05) is 25.5 Å². The zero-order valence-electron chi connectivity index (χ0n) is 14.9. The van der Waals surface area contributed by atoms with E-state index in [1.165, 1.54) is 57.8 Å². The van der Waals surface area contributed by atoms with Crippen molar-refractivity contribution in [3.63, 3.8) is 0 Å². The monoisotopic (exact) mass is 301 g/mol. The molecule has 0 heterocycles. The quantitative estimate of drug-likeness (QED) is 0.603. The number of hydrogen-bond donors (Lipinski definition) is 1. The number of allylic oxidation sites excluding steroid dienone is 2. The smallest absolute Gasteiger partial charge is 0.00418 e. The van der Waals surface area contributed by atoms with E-state index < -0.39 is 0 Å². The summed E-state index contributed by atoms with van der Waals surface area (Å²) in [5.74, 6) is 3.90. The van der Waals surface area contributed by atoms with E-state index in [1.807, 2.05) is 0 Å². The summed E-state index contributed by atoms with van der Waals surface area (Å²) in [4.78, 5) is 0. The van der Waals surface area contributed by atoms with Gasteiger partial charge in [0, 0.05) is 6.04 Å². The second-order valence-electron chi connectivity index (χ2n) is 9.50. The maximum absolute atomic E-state index is 6.30. The molecule has 1 heteroatoms. The van der Waals surface area contributed by atoms with Crippen molar-refractivity contribution < 1.29 is 0 Å². The topological polar surface area (TPSA) is 26.0 Å².